The van der Waals surface area contributed by atoms with Crippen LogP contribution in [0, 0.1) is 5.92 Å². The zero-order valence-electron chi connectivity index (χ0n) is 12.2. The van der Waals surface area contributed by atoms with Crippen LogP contribution in [0.25, 0.3) is 0 Å². The first kappa shape index (κ1) is 13.4. The minimum Gasteiger partial charge on any atom is -0.357 e. The monoisotopic (exact) mass is 273 g/mol. The zero-order valence-corrected chi connectivity index (χ0v) is 12.2. The summed E-state index contributed by atoms with van der Waals surface area (Å²) in [5.41, 5.74) is 0. The minimum absolute atomic E-state index is 0.367. The summed E-state index contributed by atoms with van der Waals surface area (Å²) < 4.78 is 0. The van der Waals surface area contributed by atoms with Gasteiger partial charge in [-0.05, 0) is 43.7 Å². The van der Waals surface area contributed by atoms with E-state index in [4.69, 9.17) is 0 Å². The molecule has 0 spiro atoms. The molecule has 1 saturated heterocycles. The van der Waals surface area contributed by atoms with E-state index in [-0.39, 0.29) is 0 Å². The predicted molar refractivity (Wildman–Crippen MR) is 79.6 cm³/mol. The first-order valence-electron chi connectivity index (χ1n) is 7.65. The highest BCUT2D eigenvalue weighted by Gasteiger charge is 2.30. The van der Waals surface area contributed by atoms with Crippen molar-refractivity contribution < 1.29 is 4.79 Å². The van der Waals surface area contributed by atoms with Crippen LogP contribution >= 0.6 is 0 Å². The molecule has 0 aromatic carbocycles. The van der Waals surface area contributed by atoms with Gasteiger partial charge in [0.15, 0.2) is 0 Å². The van der Waals surface area contributed by atoms with E-state index in [2.05, 4.69) is 21.8 Å². The summed E-state index contributed by atoms with van der Waals surface area (Å²) in [6.45, 7) is 1.79. The third kappa shape index (κ3) is 3.11. The Morgan fingerprint density at radius 1 is 1.30 bits per heavy atom. The molecule has 2 heterocycles. The van der Waals surface area contributed by atoms with Crippen molar-refractivity contribution in [2.24, 2.45) is 5.92 Å². The molecular weight excluding hydrogens is 250 g/mol. The van der Waals surface area contributed by atoms with E-state index in [1.807, 2.05) is 24.4 Å². The second kappa shape index (κ2) is 5.81. The van der Waals surface area contributed by atoms with E-state index in [1.165, 1.54) is 12.8 Å². The van der Waals surface area contributed by atoms with Gasteiger partial charge in [0.05, 0.1) is 0 Å². The lowest BCUT2D eigenvalue weighted by Crippen LogP contribution is -2.45. The van der Waals surface area contributed by atoms with Crippen LogP contribution < -0.4 is 4.90 Å². The van der Waals surface area contributed by atoms with Crippen LogP contribution in [0.1, 0.15) is 32.1 Å². The van der Waals surface area contributed by atoms with Crippen molar-refractivity contribution in [1.82, 2.24) is 9.88 Å². The van der Waals surface area contributed by atoms with Crippen molar-refractivity contribution in [3.8, 4) is 0 Å². The summed E-state index contributed by atoms with van der Waals surface area (Å²) in [6, 6.07) is 6.50. The standard InChI is InChI=1S/C16H23N3O/c1-18(15-4-2-3-9-17-15)14-7-10-19(11-8-14)16(20)12-13-5-6-13/h2-4,9,13-14H,5-8,10-12H2,1H3. The average molecular weight is 273 g/mol. The minimum atomic E-state index is 0.367. The van der Waals surface area contributed by atoms with Crippen LogP contribution in [-0.4, -0.2) is 42.0 Å². The molecule has 2 fully saturated rings. The van der Waals surface area contributed by atoms with Gasteiger partial charge >= 0.3 is 0 Å². The summed E-state index contributed by atoms with van der Waals surface area (Å²) >= 11 is 0. The number of likely N-dealkylation sites (tertiary alicyclic amines) is 1. The van der Waals surface area contributed by atoms with Crippen molar-refractivity contribution in [3.63, 3.8) is 0 Å². The summed E-state index contributed by atoms with van der Waals surface area (Å²) in [4.78, 5) is 20.8. The Kier molecular flexibility index (Phi) is 3.90. The van der Waals surface area contributed by atoms with E-state index in [1.54, 1.807) is 0 Å². The highest BCUT2D eigenvalue weighted by atomic mass is 16.2. The molecule has 4 nitrogen and oxygen atoms in total. The third-order valence-electron chi connectivity index (χ3n) is 4.54. The number of amides is 1. The largest absolute Gasteiger partial charge is 0.357 e. The molecule has 20 heavy (non-hydrogen) atoms. The Morgan fingerprint density at radius 2 is 2.05 bits per heavy atom. The van der Waals surface area contributed by atoms with Crippen molar-refractivity contribution in [2.75, 3.05) is 25.0 Å². The maximum atomic E-state index is 12.1. The van der Waals surface area contributed by atoms with Crippen molar-refractivity contribution in [2.45, 2.75) is 38.1 Å². The number of anilines is 1. The van der Waals surface area contributed by atoms with Crippen LogP contribution in [0.15, 0.2) is 24.4 Å². The zero-order chi connectivity index (χ0) is 13.9. The van der Waals surface area contributed by atoms with Gasteiger partial charge in [0, 0.05) is 38.8 Å². The van der Waals surface area contributed by atoms with Gasteiger partial charge in [0.25, 0.3) is 0 Å². The Hall–Kier alpha value is -1.58. The van der Waals surface area contributed by atoms with Gasteiger partial charge in [0.1, 0.15) is 5.82 Å². The van der Waals surface area contributed by atoms with Crippen LogP contribution in [0.4, 0.5) is 5.82 Å². The van der Waals surface area contributed by atoms with Crippen LogP contribution in [0.3, 0.4) is 0 Å². The number of aromatic nitrogens is 1. The van der Waals surface area contributed by atoms with Crippen molar-refractivity contribution in [3.05, 3.63) is 24.4 Å². The number of nitrogens with zero attached hydrogens (tertiary/aromatic N) is 3. The molecule has 1 aliphatic heterocycles. The lowest BCUT2D eigenvalue weighted by atomic mass is 10.0. The van der Waals surface area contributed by atoms with E-state index in [0.29, 0.717) is 17.9 Å². The smallest absolute Gasteiger partial charge is 0.222 e. The second-order valence-corrected chi connectivity index (χ2v) is 6.06. The fraction of sp³-hybridized carbons (Fsp3) is 0.625. The summed E-state index contributed by atoms with van der Waals surface area (Å²) in [5, 5.41) is 0. The third-order valence-corrected chi connectivity index (χ3v) is 4.54. The fourth-order valence-electron chi connectivity index (χ4n) is 2.95. The highest BCUT2D eigenvalue weighted by Crippen LogP contribution is 2.33. The summed E-state index contributed by atoms with van der Waals surface area (Å²) in [7, 11) is 2.11. The molecule has 3 rings (SSSR count). The summed E-state index contributed by atoms with van der Waals surface area (Å²) in [6.07, 6.45) is 7.21. The molecule has 2 aliphatic rings. The Bertz CT molecular complexity index is 450. The number of rotatable bonds is 4. The molecule has 4 heteroatoms. The average Bonchev–Trinajstić information content (AvgIpc) is 3.31. The van der Waals surface area contributed by atoms with Crippen LogP contribution in [-0.2, 0) is 4.79 Å². The first-order valence-corrected chi connectivity index (χ1v) is 7.65. The first-order chi connectivity index (χ1) is 9.74. The molecule has 0 radical (unpaired) electrons. The number of hydrogen-bond acceptors (Lipinski definition) is 3. The maximum absolute atomic E-state index is 12.1. The topological polar surface area (TPSA) is 36.4 Å². The molecule has 1 aliphatic carbocycles. The molecule has 0 N–H and O–H groups in total. The number of carbonyl (C=O) groups is 1. The second-order valence-electron chi connectivity index (χ2n) is 6.06. The molecule has 0 unspecified atom stereocenters. The van der Waals surface area contributed by atoms with E-state index in [9.17, 15) is 4.79 Å². The van der Waals surface area contributed by atoms with E-state index in [0.717, 1.165) is 38.2 Å². The maximum Gasteiger partial charge on any atom is 0.222 e. The lowest BCUT2D eigenvalue weighted by Gasteiger charge is -2.37. The molecule has 0 atom stereocenters. The van der Waals surface area contributed by atoms with Crippen LogP contribution in [0.2, 0.25) is 0 Å². The molecular formula is C16H23N3O. The molecule has 1 saturated carbocycles. The molecule has 108 valence electrons. The van der Waals surface area contributed by atoms with E-state index >= 15 is 0 Å². The highest BCUT2D eigenvalue weighted by molar-refractivity contribution is 5.76. The van der Waals surface area contributed by atoms with Crippen LogP contribution in [0.5, 0.6) is 0 Å². The predicted octanol–water partition coefficient (Wildman–Crippen LogP) is 2.31. The van der Waals surface area contributed by atoms with Gasteiger partial charge in [-0.15, -0.1) is 0 Å². The van der Waals surface area contributed by atoms with E-state index < -0.39 is 0 Å². The number of hydrogen-bond donors (Lipinski definition) is 0. The molecule has 0 bridgehead atoms. The Morgan fingerprint density at radius 3 is 2.65 bits per heavy atom. The normalized spacial score (nSPS) is 19.9. The number of piperidine rings is 1. The van der Waals surface area contributed by atoms with Gasteiger partial charge in [-0.3, -0.25) is 4.79 Å². The quantitative estimate of drug-likeness (QED) is 0.844. The number of carbonyl (C=O) groups excluding carboxylic acids is 1. The van der Waals surface area contributed by atoms with Gasteiger partial charge in [0.2, 0.25) is 5.91 Å². The lowest BCUT2D eigenvalue weighted by molar-refractivity contribution is -0.132. The molecule has 1 aromatic rings. The molecule has 1 aromatic heterocycles. The molecule has 1 amide bonds. The Labute approximate surface area is 120 Å². The SMILES string of the molecule is CN(c1ccccn1)C1CCN(C(=O)CC2CC2)CC1. The Balaban J connectivity index is 1.51. The summed E-state index contributed by atoms with van der Waals surface area (Å²) in [5.74, 6) is 2.08. The van der Waals surface area contributed by atoms with Gasteiger partial charge < -0.3 is 9.80 Å². The van der Waals surface area contributed by atoms with Crippen molar-refractivity contribution in [1.29, 1.82) is 0 Å². The fourth-order valence-corrected chi connectivity index (χ4v) is 2.95. The number of pyridine rings is 1. The van der Waals surface area contributed by atoms with Gasteiger partial charge in [-0.1, -0.05) is 6.07 Å². The van der Waals surface area contributed by atoms with Gasteiger partial charge in [-0.25, -0.2) is 4.98 Å². The van der Waals surface area contributed by atoms with Gasteiger partial charge in [-0.2, -0.15) is 0 Å². The van der Waals surface area contributed by atoms with Crippen molar-refractivity contribution >= 4 is 11.7 Å².